The quantitative estimate of drug-likeness (QED) is 0.822. The van der Waals surface area contributed by atoms with Crippen molar-refractivity contribution in [3.05, 3.63) is 36.2 Å². The van der Waals surface area contributed by atoms with Gasteiger partial charge in [0.2, 0.25) is 5.91 Å². The van der Waals surface area contributed by atoms with E-state index in [1.807, 2.05) is 29.2 Å². The molecular formula is C19H25N3O3. The maximum absolute atomic E-state index is 12.7. The first kappa shape index (κ1) is 17.5. The van der Waals surface area contributed by atoms with Crippen molar-refractivity contribution < 1.29 is 14.3 Å². The Labute approximate surface area is 148 Å². The number of ether oxygens (including phenoxy) is 1. The number of piperidine rings is 1. The predicted octanol–water partition coefficient (Wildman–Crippen LogP) is 2.02. The molecule has 2 N–H and O–H groups in total. The van der Waals surface area contributed by atoms with E-state index < -0.39 is 0 Å². The van der Waals surface area contributed by atoms with Crippen LogP contribution in [0.5, 0.6) is 5.75 Å². The fourth-order valence-electron chi connectivity index (χ4n) is 3.88. The second kappa shape index (κ2) is 6.88. The van der Waals surface area contributed by atoms with Gasteiger partial charge in [-0.3, -0.25) is 14.9 Å². The van der Waals surface area contributed by atoms with Crippen molar-refractivity contribution in [2.75, 3.05) is 12.0 Å². The number of hydrogen-bond donors (Lipinski definition) is 2. The van der Waals surface area contributed by atoms with Crippen LogP contribution in [0.15, 0.2) is 36.2 Å². The third-order valence-corrected chi connectivity index (χ3v) is 4.92. The lowest BCUT2D eigenvalue weighted by Gasteiger charge is -2.50. The number of hydrogen-bond acceptors (Lipinski definition) is 5. The first-order valence-electron chi connectivity index (χ1n) is 8.63. The fourth-order valence-corrected chi connectivity index (χ4v) is 3.88. The number of methoxy groups -OCH3 is 1. The van der Waals surface area contributed by atoms with Crippen molar-refractivity contribution in [3.63, 3.8) is 0 Å². The Morgan fingerprint density at radius 1 is 1.28 bits per heavy atom. The van der Waals surface area contributed by atoms with Crippen molar-refractivity contribution in [2.45, 2.75) is 39.4 Å². The van der Waals surface area contributed by atoms with Crippen LogP contribution in [0, 0.1) is 11.8 Å². The SMILES string of the molecule is COc1ccc(N2/C(=C/C(C)=O)NC(=O)C3C(C)CC(C)NC32)cc1. The van der Waals surface area contributed by atoms with Gasteiger partial charge in [-0.1, -0.05) is 6.92 Å². The molecule has 0 bridgehead atoms. The van der Waals surface area contributed by atoms with E-state index in [0.717, 1.165) is 17.9 Å². The van der Waals surface area contributed by atoms with Gasteiger partial charge in [-0.2, -0.15) is 0 Å². The minimum atomic E-state index is -0.188. The van der Waals surface area contributed by atoms with Crippen LogP contribution in [-0.4, -0.2) is 31.0 Å². The normalized spacial score (nSPS) is 30.6. The summed E-state index contributed by atoms with van der Waals surface area (Å²) in [5.41, 5.74) is 0.900. The van der Waals surface area contributed by atoms with E-state index in [1.165, 1.54) is 13.0 Å². The summed E-state index contributed by atoms with van der Waals surface area (Å²) >= 11 is 0. The van der Waals surface area contributed by atoms with Gasteiger partial charge in [0.25, 0.3) is 0 Å². The highest BCUT2D eigenvalue weighted by atomic mass is 16.5. The minimum absolute atomic E-state index is 0.0332. The number of anilines is 1. The lowest BCUT2D eigenvalue weighted by Crippen LogP contribution is -2.67. The summed E-state index contributed by atoms with van der Waals surface area (Å²) < 4.78 is 5.23. The third-order valence-electron chi connectivity index (χ3n) is 4.92. The standard InChI is InChI=1S/C19H25N3O3/c1-11-9-12(2)20-18-17(11)19(24)21-16(10-13(3)23)22(18)14-5-7-15(25-4)8-6-14/h5-8,10-12,17-18,20H,9H2,1-4H3,(H,21,24)/b16-10+. The van der Waals surface area contributed by atoms with Crippen molar-refractivity contribution in [2.24, 2.45) is 11.8 Å². The monoisotopic (exact) mass is 343 g/mol. The molecular weight excluding hydrogens is 318 g/mol. The Morgan fingerprint density at radius 2 is 1.96 bits per heavy atom. The number of amides is 1. The topological polar surface area (TPSA) is 70.7 Å². The molecule has 2 aliphatic rings. The molecule has 0 aliphatic carbocycles. The van der Waals surface area contributed by atoms with Gasteiger partial charge in [0.15, 0.2) is 5.78 Å². The van der Waals surface area contributed by atoms with E-state index in [0.29, 0.717) is 11.9 Å². The van der Waals surface area contributed by atoms with Crippen molar-refractivity contribution in [3.8, 4) is 5.75 Å². The van der Waals surface area contributed by atoms with Crippen LogP contribution in [0.2, 0.25) is 0 Å². The van der Waals surface area contributed by atoms with Crippen LogP contribution in [0.4, 0.5) is 5.69 Å². The molecule has 0 spiro atoms. The molecule has 134 valence electrons. The molecule has 0 radical (unpaired) electrons. The van der Waals surface area contributed by atoms with E-state index in [-0.39, 0.29) is 29.7 Å². The van der Waals surface area contributed by atoms with Crippen LogP contribution in [0.3, 0.4) is 0 Å². The third kappa shape index (κ3) is 3.39. The van der Waals surface area contributed by atoms with Crippen LogP contribution in [-0.2, 0) is 9.59 Å². The molecule has 6 heteroatoms. The van der Waals surface area contributed by atoms with E-state index >= 15 is 0 Å². The van der Waals surface area contributed by atoms with Crippen molar-refractivity contribution >= 4 is 17.4 Å². The summed E-state index contributed by atoms with van der Waals surface area (Å²) in [4.78, 5) is 26.4. The highest BCUT2D eigenvalue weighted by Gasteiger charge is 2.46. The maximum atomic E-state index is 12.7. The van der Waals surface area contributed by atoms with Crippen molar-refractivity contribution in [1.29, 1.82) is 0 Å². The smallest absolute Gasteiger partial charge is 0.232 e. The molecule has 2 heterocycles. The number of benzene rings is 1. The Kier molecular flexibility index (Phi) is 4.81. The van der Waals surface area contributed by atoms with E-state index in [1.54, 1.807) is 7.11 Å². The molecule has 4 atom stereocenters. The minimum Gasteiger partial charge on any atom is -0.497 e. The highest BCUT2D eigenvalue weighted by molar-refractivity contribution is 5.92. The first-order valence-corrected chi connectivity index (χ1v) is 8.63. The summed E-state index contributed by atoms with van der Waals surface area (Å²) in [5, 5.41) is 6.47. The van der Waals surface area contributed by atoms with Crippen molar-refractivity contribution in [1.82, 2.24) is 10.6 Å². The number of rotatable bonds is 3. The van der Waals surface area contributed by atoms with Crippen LogP contribution in [0.1, 0.15) is 27.2 Å². The molecule has 2 aliphatic heterocycles. The van der Waals surface area contributed by atoms with Gasteiger partial charge < -0.3 is 15.0 Å². The maximum Gasteiger partial charge on any atom is 0.232 e. The summed E-state index contributed by atoms with van der Waals surface area (Å²) in [7, 11) is 1.62. The van der Waals surface area contributed by atoms with Gasteiger partial charge in [-0.25, -0.2) is 0 Å². The largest absolute Gasteiger partial charge is 0.497 e. The van der Waals surface area contributed by atoms with Crippen LogP contribution >= 0.6 is 0 Å². The first-order chi connectivity index (χ1) is 11.9. The lowest BCUT2D eigenvalue weighted by atomic mass is 9.80. The van der Waals surface area contributed by atoms with Crippen LogP contribution in [0.25, 0.3) is 0 Å². The number of carbonyl (C=O) groups is 2. The van der Waals surface area contributed by atoms with E-state index in [4.69, 9.17) is 4.74 Å². The Hall–Kier alpha value is -2.34. The lowest BCUT2D eigenvalue weighted by molar-refractivity contribution is -0.129. The number of nitrogens with zero attached hydrogens (tertiary/aromatic N) is 1. The summed E-state index contributed by atoms with van der Waals surface area (Å²) in [6.45, 7) is 5.72. The van der Waals surface area contributed by atoms with Gasteiger partial charge in [0, 0.05) is 17.8 Å². The predicted molar refractivity (Wildman–Crippen MR) is 96.0 cm³/mol. The highest BCUT2D eigenvalue weighted by Crippen LogP contribution is 2.36. The fraction of sp³-hybridized carbons (Fsp3) is 0.474. The summed E-state index contributed by atoms with van der Waals surface area (Å²) in [6, 6.07) is 7.92. The average Bonchev–Trinajstić information content (AvgIpc) is 2.54. The van der Waals surface area contributed by atoms with Gasteiger partial charge in [-0.05, 0) is 50.5 Å². The van der Waals surface area contributed by atoms with Gasteiger partial charge >= 0.3 is 0 Å². The molecule has 1 aromatic carbocycles. The Balaban J connectivity index is 2.06. The summed E-state index contributed by atoms with van der Waals surface area (Å²) in [6.07, 6.45) is 2.23. The number of allylic oxidation sites excluding steroid dienone is 1. The molecule has 2 saturated heterocycles. The number of nitrogens with one attached hydrogen (secondary N) is 2. The van der Waals surface area contributed by atoms with Gasteiger partial charge in [-0.15, -0.1) is 0 Å². The number of fused-ring (bicyclic) bond motifs is 1. The Bertz CT molecular complexity index is 698. The molecule has 3 rings (SSSR count). The van der Waals surface area contributed by atoms with Gasteiger partial charge in [0.1, 0.15) is 11.6 Å². The van der Waals surface area contributed by atoms with Crippen LogP contribution < -0.4 is 20.3 Å². The summed E-state index contributed by atoms with van der Waals surface area (Å²) in [5.74, 6) is 1.20. The molecule has 4 unspecified atom stereocenters. The second-order valence-corrected chi connectivity index (χ2v) is 6.95. The van der Waals surface area contributed by atoms with E-state index in [9.17, 15) is 9.59 Å². The molecule has 1 amide bonds. The molecule has 1 aromatic rings. The second-order valence-electron chi connectivity index (χ2n) is 6.95. The average molecular weight is 343 g/mol. The number of ketones is 1. The zero-order chi connectivity index (χ0) is 18.1. The van der Waals surface area contributed by atoms with E-state index in [2.05, 4.69) is 24.5 Å². The molecule has 0 saturated carbocycles. The molecule has 2 fully saturated rings. The van der Waals surface area contributed by atoms with Gasteiger partial charge in [0.05, 0.1) is 19.2 Å². The molecule has 6 nitrogen and oxygen atoms in total. The zero-order valence-corrected chi connectivity index (χ0v) is 15.1. The Morgan fingerprint density at radius 3 is 2.56 bits per heavy atom. The zero-order valence-electron chi connectivity index (χ0n) is 15.1. The number of carbonyl (C=O) groups excluding carboxylic acids is 2. The molecule has 25 heavy (non-hydrogen) atoms. The molecule has 0 aromatic heterocycles.